The van der Waals surface area contributed by atoms with Crippen LogP contribution in [-0.4, -0.2) is 44.7 Å². The average molecular weight is 767 g/mol. The molecule has 5 aromatic rings. The summed E-state index contributed by atoms with van der Waals surface area (Å²) < 4.78 is 14.4. The highest BCUT2D eigenvalue weighted by Gasteiger charge is 2.24. The van der Waals surface area contributed by atoms with Crippen LogP contribution in [-0.2, 0) is 9.47 Å². The van der Waals surface area contributed by atoms with E-state index in [4.69, 9.17) is 55.9 Å². The molecular formula is C33H29BrCl4N4O4. The summed E-state index contributed by atoms with van der Waals surface area (Å²) in [6, 6.07) is 18.0. The van der Waals surface area contributed by atoms with E-state index in [1.165, 1.54) is 0 Å². The van der Waals surface area contributed by atoms with Crippen molar-refractivity contribution in [3.8, 4) is 22.6 Å². The molecule has 0 amide bonds. The molecule has 0 N–H and O–H groups in total. The molecule has 8 nitrogen and oxygen atoms in total. The maximum Gasteiger partial charge on any atom is 0.359 e. The van der Waals surface area contributed by atoms with Gasteiger partial charge in [0.1, 0.15) is 0 Å². The SMILES string of the molecule is CCOC(=O)c1nn(-c2ccc(Cl)cc2Cl)c(-c2ccc(Br)cc2)c1C.CCOC(=O)c1nn(-c2ccc(Cl)cc2Cl)c(C)c1C. The van der Waals surface area contributed by atoms with Crippen LogP contribution in [0.3, 0.4) is 0 Å². The molecule has 0 bridgehead atoms. The highest BCUT2D eigenvalue weighted by molar-refractivity contribution is 9.10. The number of rotatable bonds is 7. The van der Waals surface area contributed by atoms with E-state index in [0.717, 1.165) is 32.6 Å². The van der Waals surface area contributed by atoms with Crippen molar-refractivity contribution in [2.75, 3.05) is 13.2 Å². The van der Waals surface area contributed by atoms with Gasteiger partial charge in [0.15, 0.2) is 11.4 Å². The number of ether oxygens (including phenoxy) is 2. The fraction of sp³-hybridized carbons (Fsp3) is 0.212. The lowest BCUT2D eigenvalue weighted by Gasteiger charge is -2.11. The summed E-state index contributed by atoms with van der Waals surface area (Å²) in [4.78, 5) is 24.2. The van der Waals surface area contributed by atoms with Gasteiger partial charge in [-0.25, -0.2) is 19.0 Å². The Kier molecular flexibility index (Phi) is 12.0. The monoisotopic (exact) mass is 764 g/mol. The Balaban J connectivity index is 0.000000216. The number of nitrogens with zero attached hydrogens (tertiary/aromatic N) is 4. The Labute approximate surface area is 295 Å². The minimum absolute atomic E-state index is 0.260. The minimum atomic E-state index is -0.466. The van der Waals surface area contributed by atoms with Crippen molar-refractivity contribution in [3.63, 3.8) is 0 Å². The van der Waals surface area contributed by atoms with Gasteiger partial charge < -0.3 is 9.47 Å². The Morgan fingerprint density at radius 3 is 1.63 bits per heavy atom. The first-order valence-corrected chi connectivity index (χ1v) is 16.3. The Morgan fingerprint density at radius 2 is 1.15 bits per heavy atom. The number of halogens is 5. The zero-order valence-electron chi connectivity index (χ0n) is 25.5. The van der Waals surface area contributed by atoms with Crippen molar-refractivity contribution in [2.45, 2.75) is 34.6 Å². The summed E-state index contributed by atoms with van der Waals surface area (Å²) in [6.45, 7) is 9.65. The molecule has 0 radical (unpaired) electrons. The van der Waals surface area contributed by atoms with Crippen molar-refractivity contribution in [1.82, 2.24) is 19.6 Å². The highest BCUT2D eigenvalue weighted by Crippen LogP contribution is 2.33. The normalized spacial score (nSPS) is 10.7. The molecule has 0 fully saturated rings. The Morgan fingerprint density at radius 1 is 0.696 bits per heavy atom. The van der Waals surface area contributed by atoms with Crippen molar-refractivity contribution in [2.24, 2.45) is 0 Å². The maximum absolute atomic E-state index is 12.3. The molecule has 2 aromatic heterocycles. The third-order valence-corrected chi connectivity index (χ3v) is 8.47. The van der Waals surface area contributed by atoms with Gasteiger partial charge in [-0.05, 0) is 83.1 Å². The van der Waals surface area contributed by atoms with E-state index in [0.29, 0.717) is 43.8 Å². The van der Waals surface area contributed by atoms with Gasteiger partial charge in [0, 0.05) is 36.9 Å². The summed E-state index contributed by atoms with van der Waals surface area (Å²) in [5.74, 6) is -0.899. The number of aromatic nitrogens is 4. The molecular weight excluding hydrogens is 738 g/mol. The van der Waals surface area contributed by atoms with Crippen LogP contribution in [0, 0.1) is 20.8 Å². The van der Waals surface area contributed by atoms with Crippen LogP contribution >= 0.6 is 62.3 Å². The molecule has 0 unspecified atom stereocenters. The molecule has 0 saturated carbocycles. The number of hydrogen-bond acceptors (Lipinski definition) is 6. The lowest BCUT2D eigenvalue weighted by molar-refractivity contribution is 0.0508. The first kappa shape index (κ1) is 35.5. The molecule has 2 heterocycles. The number of hydrogen-bond donors (Lipinski definition) is 0. The zero-order valence-corrected chi connectivity index (χ0v) is 30.1. The first-order chi connectivity index (χ1) is 21.9. The van der Waals surface area contributed by atoms with E-state index < -0.39 is 11.9 Å². The number of benzene rings is 3. The van der Waals surface area contributed by atoms with E-state index in [-0.39, 0.29) is 12.3 Å². The fourth-order valence-corrected chi connectivity index (χ4v) is 5.77. The third-order valence-electron chi connectivity index (χ3n) is 6.87. The standard InChI is InChI=1S/C19H15BrCl2N2O2.C14H14Cl2N2O2/c1-3-26-19(25)17-11(2)18(12-4-6-13(20)7-5-12)24(23-17)16-9-8-14(21)10-15(16)22;1-4-20-14(19)13-8(2)9(3)18(17-13)12-6-5-10(15)7-11(12)16/h4-10H,3H2,1-2H3;5-7H,4H2,1-3H3. The second-order valence-corrected chi connectivity index (χ2v) is 12.4. The molecule has 0 aliphatic rings. The number of esters is 2. The van der Waals surface area contributed by atoms with Crippen LogP contribution in [0.5, 0.6) is 0 Å². The second kappa shape index (κ2) is 15.5. The highest BCUT2D eigenvalue weighted by atomic mass is 79.9. The van der Waals surface area contributed by atoms with Crippen LogP contribution in [0.25, 0.3) is 22.6 Å². The van der Waals surface area contributed by atoms with Gasteiger partial charge in [-0.2, -0.15) is 10.2 Å². The first-order valence-electron chi connectivity index (χ1n) is 14.0. The van der Waals surface area contributed by atoms with Crippen LogP contribution < -0.4 is 0 Å². The van der Waals surface area contributed by atoms with Gasteiger partial charge in [0.2, 0.25) is 0 Å². The Hall–Kier alpha value is -3.34. The second-order valence-electron chi connectivity index (χ2n) is 9.84. The summed E-state index contributed by atoms with van der Waals surface area (Å²) in [5, 5.41) is 10.8. The van der Waals surface area contributed by atoms with Gasteiger partial charge in [-0.3, -0.25) is 0 Å². The van der Waals surface area contributed by atoms with E-state index in [1.807, 2.05) is 45.0 Å². The Bertz CT molecular complexity index is 1900. The van der Waals surface area contributed by atoms with Gasteiger partial charge in [0.25, 0.3) is 0 Å². The van der Waals surface area contributed by atoms with Crippen LogP contribution in [0.4, 0.5) is 0 Å². The summed E-state index contributed by atoms with van der Waals surface area (Å²) in [7, 11) is 0. The third kappa shape index (κ3) is 7.78. The van der Waals surface area contributed by atoms with E-state index in [2.05, 4.69) is 26.1 Å². The number of carbonyl (C=O) groups is 2. The van der Waals surface area contributed by atoms with Gasteiger partial charge >= 0.3 is 11.9 Å². The zero-order chi connectivity index (χ0) is 33.7. The van der Waals surface area contributed by atoms with Crippen molar-refractivity contribution in [1.29, 1.82) is 0 Å². The molecule has 0 aliphatic carbocycles. The van der Waals surface area contributed by atoms with Crippen molar-refractivity contribution in [3.05, 3.63) is 113 Å². The molecule has 0 saturated heterocycles. The molecule has 0 aliphatic heterocycles. The molecule has 0 spiro atoms. The summed E-state index contributed by atoms with van der Waals surface area (Å²) in [5.41, 5.74) is 5.86. The molecule has 0 atom stereocenters. The lowest BCUT2D eigenvalue weighted by atomic mass is 10.1. The summed E-state index contributed by atoms with van der Waals surface area (Å²) >= 11 is 27.9. The predicted molar refractivity (Wildman–Crippen MR) is 186 cm³/mol. The van der Waals surface area contributed by atoms with E-state index in [1.54, 1.807) is 59.6 Å². The van der Waals surface area contributed by atoms with Crippen molar-refractivity contribution < 1.29 is 19.1 Å². The van der Waals surface area contributed by atoms with Gasteiger partial charge in [-0.1, -0.05) is 74.5 Å². The largest absolute Gasteiger partial charge is 0.461 e. The smallest absolute Gasteiger partial charge is 0.359 e. The van der Waals surface area contributed by atoms with E-state index in [9.17, 15) is 9.59 Å². The van der Waals surface area contributed by atoms with E-state index >= 15 is 0 Å². The topological polar surface area (TPSA) is 88.2 Å². The van der Waals surface area contributed by atoms with Crippen LogP contribution in [0.2, 0.25) is 20.1 Å². The summed E-state index contributed by atoms with van der Waals surface area (Å²) in [6.07, 6.45) is 0. The quantitative estimate of drug-likeness (QED) is 0.153. The van der Waals surface area contributed by atoms with Crippen molar-refractivity contribution >= 4 is 74.3 Å². The number of carbonyl (C=O) groups excluding carboxylic acids is 2. The minimum Gasteiger partial charge on any atom is -0.461 e. The maximum atomic E-state index is 12.3. The molecule has 3 aromatic carbocycles. The average Bonchev–Trinajstić information content (AvgIpc) is 3.50. The van der Waals surface area contributed by atoms with Crippen LogP contribution in [0.15, 0.2) is 65.1 Å². The lowest BCUT2D eigenvalue weighted by Crippen LogP contribution is -2.08. The molecule has 13 heteroatoms. The fourth-order valence-electron chi connectivity index (χ4n) is 4.52. The molecule has 46 heavy (non-hydrogen) atoms. The predicted octanol–water partition coefficient (Wildman–Crippen LogP) is 10.1. The van der Waals surface area contributed by atoms with Gasteiger partial charge in [-0.15, -0.1) is 0 Å². The molecule has 5 rings (SSSR count). The van der Waals surface area contributed by atoms with Gasteiger partial charge in [0.05, 0.1) is 40.3 Å². The molecule has 240 valence electrons. The van der Waals surface area contributed by atoms with Crippen LogP contribution in [0.1, 0.15) is 51.6 Å².